The number of rotatable bonds is 4. The molecule has 1 unspecified atom stereocenters. The van der Waals surface area contributed by atoms with Crippen molar-refractivity contribution in [2.45, 2.75) is 33.2 Å². The van der Waals surface area contributed by atoms with Gasteiger partial charge in [-0.25, -0.2) is 4.98 Å². The molecule has 1 aliphatic heterocycles. The van der Waals surface area contributed by atoms with Crippen molar-refractivity contribution < 1.29 is 9.32 Å². The molecule has 1 saturated heterocycles. The maximum Gasteiger partial charge on any atom is 0.273 e. The third-order valence-electron chi connectivity index (χ3n) is 4.07. The number of aryl methyl sites for hydroxylation is 1. The van der Waals surface area contributed by atoms with Crippen molar-refractivity contribution in [1.29, 1.82) is 0 Å². The fraction of sp³-hybridized carbons (Fsp3) is 0.625. The summed E-state index contributed by atoms with van der Waals surface area (Å²) in [6, 6.07) is -0.0707. The van der Waals surface area contributed by atoms with Crippen LogP contribution in [0.1, 0.15) is 48.5 Å². The third-order valence-corrected chi connectivity index (χ3v) is 4.66. The number of nitrogens with zero attached hydrogens (tertiary/aromatic N) is 5. The van der Waals surface area contributed by atoms with Gasteiger partial charge in [0.15, 0.2) is 5.82 Å². The maximum absolute atomic E-state index is 12.7. The van der Waals surface area contributed by atoms with Crippen molar-refractivity contribution >= 4 is 17.2 Å². The van der Waals surface area contributed by atoms with Gasteiger partial charge in [0.1, 0.15) is 11.7 Å². The minimum Gasteiger partial charge on any atom is -0.338 e. The minimum atomic E-state index is -0.0707. The fourth-order valence-corrected chi connectivity index (χ4v) is 3.60. The standard InChI is InChI=1S/C16H23N5O2S/c1-11(2)7-20-5-4-6-21(16(22)13-9-24-10-17-13)8-14(20)15-18-12(3)19-23-15/h9-11,14H,4-8H2,1-3H3. The van der Waals surface area contributed by atoms with Crippen LogP contribution in [0.5, 0.6) is 0 Å². The lowest BCUT2D eigenvalue weighted by molar-refractivity contribution is 0.0703. The Morgan fingerprint density at radius 3 is 2.92 bits per heavy atom. The van der Waals surface area contributed by atoms with Gasteiger partial charge in [-0.05, 0) is 19.3 Å². The van der Waals surface area contributed by atoms with E-state index in [0.717, 1.165) is 19.5 Å². The molecule has 8 heteroatoms. The second kappa shape index (κ2) is 7.40. The van der Waals surface area contributed by atoms with Crippen molar-refractivity contribution in [2.75, 3.05) is 26.2 Å². The van der Waals surface area contributed by atoms with Gasteiger partial charge in [-0.3, -0.25) is 9.69 Å². The second-order valence-corrected chi connectivity index (χ2v) is 7.28. The first-order chi connectivity index (χ1) is 11.5. The quantitative estimate of drug-likeness (QED) is 0.843. The van der Waals surface area contributed by atoms with E-state index < -0.39 is 0 Å². The van der Waals surface area contributed by atoms with Crippen molar-refractivity contribution in [3.8, 4) is 0 Å². The van der Waals surface area contributed by atoms with Crippen LogP contribution in [0.4, 0.5) is 0 Å². The molecule has 0 N–H and O–H groups in total. The molecular formula is C16H23N5O2S. The number of aromatic nitrogens is 3. The van der Waals surface area contributed by atoms with Crippen LogP contribution in [-0.4, -0.2) is 57.0 Å². The Balaban J connectivity index is 1.84. The first-order valence-corrected chi connectivity index (χ1v) is 9.20. The largest absolute Gasteiger partial charge is 0.338 e. The summed E-state index contributed by atoms with van der Waals surface area (Å²) in [4.78, 5) is 25.5. The molecule has 3 rings (SSSR count). The SMILES string of the molecule is Cc1noc(C2CN(C(=O)c3cscn3)CCCN2CC(C)C)n1. The first-order valence-electron chi connectivity index (χ1n) is 8.26. The summed E-state index contributed by atoms with van der Waals surface area (Å²) in [7, 11) is 0. The van der Waals surface area contributed by atoms with Crippen LogP contribution < -0.4 is 0 Å². The molecule has 2 aromatic heterocycles. The zero-order chi connectivity index (χ0) is 17.1. The summed E-state index contributed by atoms with van der Waals surface area (Å²) < 4.78 is 5.44. The molecule has 7 nitrogen and oxygen atoms in total. The van der Waals surface area contributed by atoms with E-state index in [1.807, 2.05) is 11.8 Å². The van der Waals surface area contributed by atoms with E-state index in [4.69, 9.17) is 4.52 Å². The topological polar surface area (TPSA) is 75.4 Å². The van der Waals surface area contributed by atoms with E-state index in [2.05, 4.69) is 33.9 Å². The average Bonchev–Trinajstić information content (AvgIpc) is 3.16. The number of thiazole rings is 1. The van der Waals surface area contributed by atoms with Crippen LogP contribution in [-0.2, 0) is 0 Å². The van der Waals surface area contributed by atoms with Gasteiger partial charge in [0.05, 0.1) is 5.51 Å². The summed E-state index contributed by atoms with van der Waals surface area (Å²) in [6.07, 6.45) is 0.923. The predicted molar refractivity (Wildman–Crippen MR) is 90.8 cm³/mol. The predicted octanol–water partition coefficient (Wildman–Crippen LogP) is 2.38. The highest BCUT2D eigenvalue weighted by molar-refractivity contribution is 7.07. The van der Waals surface area contributed by atoms with Gasteiger partial charge in [0.2, 0.25) is 5.89 Å². The lowest BCUT2D eigenvalue weighted by Crippen LogP contribution is -2.39. The molecule has 0 aliphatic carbocycles. The molecule has 0 spiro atoms. The molecule has 24 heavy (non-hydrogen) atoms. The number of hydrogen-bond acceptors (Lipinski definition) is 7. The zero-order valence-corrected chi connectivity index (χ0v) is 15.1. The van der Waals surface area contributed by atoms with Crippen LogP contribution in [0.3, 0.4) is 0 Å². The molecule has 130 valence electrons. The Kier molecular flexibility index (Phi) is 5.25. The minimum absolute atomic E-state index is 0.0242. The molecule has 2 aromatic rings. The zero-order valence-electron chi connectivity index (χ0n) is 14.3. The molecule has 1 atom stereocenters. The summed E-state index contributed by atoms with van der Waals surface area (Å²) in [5.41, 5.74) is 2.20. The van der Waals surface area contributed by atoms with Crippen LogP contribution in [0.25, 0.3) is 0 Å². The van der Waals surface area contributed by atoms with Crippen molar-refractivity contribution in [3.63, 3.8) is 0 Å². The Bertz CT molecular complexity index is 670. The number of hydrogen-bond donors (Lipinski definition) is 0. The molecule has 1 aliphatic rings. The highest BCUT2D eigenvalue weighted by Crippen LogP contribution is 2.26. The highest BCUT2D eigenvalue weighted by atomic mass is 32.1. The fourth-order valence-electron chi connectivity index (χ4n) is 3.07. The van der Waals surface area contributed by atoms with Crippen LogP contribution in [0, 0.1) is 12.8 Å². The van der Waals surface area contributed by atoms with E-state index in [9.17, 15) is 4.79 Å². The van der Waals surface area contributed by atoms with Gasteiger partial charge in [0, 0.05) is 31.6 Å². The highest BCUT2D eigenvalue weighted by Gasteiger charge is 2.33. The smallest absolute Gasteiger partial charge is 0.273 e. The summed E-state index contributed by atoms with van der Waals surface area (Å²) in [5.74, 6) is 1.71. The lowest BCUT2D eigenvalue weighted by atomic mass is 10.1. The molecule has 1 fully saturated rings. The molecule has 0 radical (unpaired) electrons. The van der Waals surface area contributed by atoms with Gasteiger partial charge in [-0.1, -0.05) is 19.0 Å². The van der Waals surface area contributed by atoms with Crippen LogP contribution in [0.2, 0.25) is 0 Å². The molecule has 3 heterocycles. The Morgan fingerprint density at radius 2 is 2.29 bits per heavy atom. The van der Waals surface area contributed by atoms with Crippen molar-refractivity contribution in [2.24, 2.45) is 5.92 Å². The monoisotopic (exact) mass is 349 g/mol. The van der Waals surface area contributed by atoms with E-state index in [1.165, 1.54) is 11.3 Å². The van der Waals surface area contributed by atoms with Gasteiger partial charge in [0.25, 0.3) is 5.91 Å². The maximum atomic E-state index is 12.7. The molecule has 1 amide bonds. The summed E-state index contributed by atoms with van der Waals surface area (Å²) in [6.45, 7) is 9.31. The van der Waals surface area contributed by atoms with Crippen molar-refractivity contribution in [3.05, 3.63) is 28.3 Å². The van der Waals surface area contributed by atoms with Gasteiger partial charge in [-0.15, -0.1) is 11.3 Å². The molecular weight excluding hydrogens is 326 g/mol. The third kappa shape index (κ3) is 3.81. The van der Waals surface area contributed by atoms with Crippen LogP contribution >= 0.6 is 11.3 Å². The Labute approximate surface area is 145 Å². The Morgan fingerprint density at radius 1 is 1.46 bits per heavy atom. The number of carbonyl (C=O) groups is 1. The van der Waals surface area contributed by atoms with E-state index in [0.29, 0.717) is 36.4 Å². The molecule has 0 aromatic carbocycles. The summed E-state index contributed by atoms with van der Waals surface area (Å²) in [5, 5.41) is 5.73. The normalized spacial score (nSPS) is 19.7. The van der Waals surface area contributed by atoms with E-state index in [1.54, 1.807) is 10.9 Å². The average molecular weight is 349 g/mol. The van der Waals surface area contributed by atoms with Gasteiger partial charge in [-0.2, -0.15) is 4.98 Å². The second-order valence-electron chi connectivity index (χ2n) is 6.56. The number of carbonyl (C=O) groups excluding carboxylic acids is 1. The van der Waals surface area contributed by atoms with Crippen molar-refractivity contribution in [1.82, 2.24) is 24.9 Å². The molecule has 0 saturated carbocycles. The number of amides is 1. The summed E-state index contributed by atoms with van der Waals surface area (Å²) >= 11 is 1.44. The van der Waals surface area contributed by atoms with Crippen LogP contribution in [0.15, 0.2) is 15.4 Å². The van der Waals surface area contributed by atoms with E-state index in [-0.39, 0.29) is 11.9 Å². The van der Waals surface area contributed by atoms with Gasteiger partial charge < -0.3 is 9.42 Å². The lowest BCUT2D eigenvalue weighted by Gasteiger charge is -2.30. The van der Waals surface area contributed by atoms with Gasteiger partial charge >= 0.3 is 0 Å². The first kappa shape index (κ1) is 17.0. The Hall–Kier alpha value is -1.80. The molecule has 0 bridgehead atoms. The van der Waals surface area contributed by atoms with E-state index >= 15 is 0 Å².